The number of hydrogen-bond acceptors (Lipinski definition) is 12. The molecule has 8 saturated carbocycles. The molecule has 57 heavy (non-hydrogen) atoms. The summed E-state index contributed by atoms with van der Waals surface area (Å²) in [6, 6.07) is 8.06. The molecule has 0 aliphatic heterocycles. The number of allylic oxidation sites excluding steroid dienone is 2. The molecule has 0 N–H and O–H groups in total. The smallest absolute Gasteiger partial charge is 0.780 e. The van der Waals surface area contributed by atoms with Crippen molar-refractivity contribution in [2.45, 2.75) is 75.4 Å². The van der Waals surface area contributed by atoms with E-state index in [4.69, 9.17) is 50.4 Å². The molecular weight excluding hydrogens is 861 g/mol. The predicted molar refractivity (Wildman–Crippen MR) is 187 cm³/mol. The van der Waals surface area contributed by atoms with E-state index in [-0.39, 0.29) is 181 Å². The van der Waals surface area contributed by atoms with E-state index in [1.807, 2.05) is 0 Å². The van der Waals surface area contributed by atoms with Gasteiger partial charge in [-0.2, -0.15) is 0 Å². The summed E-state index contributed by atoms with van der Waals surface area (Å²) >= 11 is 12.3. The number of halogens is 2. The molecule has 288 valence electrons. The molecule has 8 aliphatic carbocycles. The Morgan fingerprint density at radius 2 is 1.00 bits per heavy atom. The topological polar surface area (TPSA) is 182 Å². The van der Waals surface area contributed by atoms with Crippen LogP contribution in [0.3, 0.4) is 0 Å². The molecule has 2 aromatic carbocycles. The van der Waals surface area contributed by atoms with Gasteiger partial charge in [0.15, 0.2) is 0 Å². The summed E-state index contributed by atoms with van der Waals surface area (Å²) in [5, 5.41) is -0.288. The van der Waals surface area contributed by atoms with Crippen molar-refractivity contribution < 1.29 is 183 Å². The number of phosphoric ester groups is 2. The maximum atomic E-state index is 11.4. The molecule has 0 heterocycles. The third-order valence-electron chi connectivity index (χ3n) is 12.3. The number of rotatable bonds is 12. The van der Waals surface area contributed by atoms with Gasteiger partial charge >= 0.3 is 118 Å². The van der Waals surface area contributed by atoms with Gasteiger partial charge < -0.3 is 56.7 Å². The maximum absolute atomic E-state index is 11.4. The Morgan fingerprint density at radius 3 is 1.32 bits per heavy atom. The SMILES string of the molecule is [2H]C([2H])([2H])OC(=C1C2CC3CC1CC(OCOC14CC5CC(C1)C(=C(OC([2H])([2H])[2H])c1ccc(Cl)c(OP(=O)([O-])[O-])c1)C(C5)C4)(C3)C2)c1ccc(Cl)c(OP(=O)([O-])[O-])c1.[Na+].[Na+].[Na+].[Na+]. The van der Waals surface area contributed by atoms with Gasteiger partial charge in [-0.1, -0.05) is 23.2 Å². The Labute approximate surface area is 440 Å². The molecule has 4 atom stereocenters. The largest absolute Gasteiger partial charge is 1.00 e. The monoisotopic (exact) mass is 906 g/mol. The van der Waals surface area contributed by atoms with Gasteiger partial charge in [0.1, 0.15) is 45.5 Å². The fourth-order valence-corrected chi connectivity index (χ4v) is 12.2. The summed E-state index contributed by atoms with van der Waals surface area (Å²) in [4.78, 5) is 45.7. The third kappa shape index (κ3) is 11.1. The Hall–Kier alpha value is 1.92. The van der Waals surface area contributed by atoms with Crippen molar-refractivity contribution in [3.8, 4) is 11.5 Å². The Morgan fingerprint density at radius 1 is 0.649 bits per heavy atom. The van der Waals surface area contributed by atoms with E-state index >= 15 is 0 Å². The first kappa shape index (κ1) is 42.8. The normalized spacial score (nSPS) is 32.3. The Balaban J connectivity index is 0.00000218. The minimum atomic E-state index is -5.48. The number of ether oxygens (including phenoxy) is 4. The van der Waals surface area contributed by atoms with Crippen molar-refractivity contribution in [2.75, 3.05) is 20.9 Å². The van der Waals surface area contributed by atoms with Gasteiger partial charge in [-0.15, -0.1) is 0 Å². The third-order valence-corrected chi connectivity index (χ3v) is 13.8. The summed E-state index contributed by atoms with van der Waals surface area (Å²) in [5.74, 6) is -0.534. The van der Waals surface area contributed by atoms with Crippen LogP contribution in [0.25, 0.3) is 11.5 Å². The van der Waals surface area contributed by atoms with E-state index in [9.17, 15) is 28.7 Å². The molecule has 0 saturated heterocycles. The number of hydrogen-bond donors (Lipinski definition) is 0. The minimum Gasteiger partial charge on any atom is -0.780 e. The van der Waals surface area contributed by atoms with E-state index in [2.05, 4.69) is 9.05 Å². The van der Waals surface area contributed by atoms with Crippen molar-refractivity contribution >= 4 is 50.4 Å². The number of methoxy groups -OCH3 is 2. The summed E-state index contributed by atoms with van der Waals surface area (Å²) < 4.78 is 104. The van der Waals surface area contributed by atoms with Gasteiger partial charge in [0, 0.05) is 11.1 Å². The molecule has 10 rings (SSSR count). The number of benzene rings is 2. The van der Waals surface area contributed by atoms with Crippen LogP contribution in [0.4, 0.5) is 0 Å². The first-order valence-corrected chi connectivity index (χ1v) is 21.2. The van der Waals surface area contributed by atoms with Crippen LogP contribution in [0.2, 0.25) is 10.0 Å². The van der Waals surface area contributed by atoms with Crippen LogP contribution in [0.15, 0.2) is 47.5 Å². The van der Waals surface area contributed by atoms with Crippen molar-refractivity contribution in [3.05, 3.63) is 68.7 Å². The van der Waals surface area contributed by atoms with Gasteiger partial charge in [-0.25, -0.2) is 0 Å². The molecular formula is C37H40Cl2Na4O12P2. The molecule has 8 fully saturated rings. The fraction of sp³-hybridized carbons (Fsp3) is 0.568. The maximum Gasteiger partial charge on any atom is 1.00 e. The van der Waals surface area contributed by atoms with Gasteiger partial charge in [-0.05, 0) is 147 Å². The molecule has 8 bridgehead atoms. The van der Waals surface area contributed by atoms with Crippen molar-refractivity contribution in [3.63, 3.8) is 0 Å². The molecule has 4 unspecified atom stereocenters. The van der Waals surface area contributed by atoms with Gasteiger partial charge in [0.25, 0.3) is 0 Å². The second kappa shape index (κ2) is 20.0. The molecule has 8 aliphatic rings. The zero-order chi connectivity index (χ0) is 42.5. The van der Waals surface area contributed by atoms with Crippen LogP contribution in [-0.2, 0) is 28.1 Å². The second-order valence-corrected chi connectivity index (χ2v) is 18.6. The summed E-state index contributed by atoms with van der Waals surface area (Å²) in [6.07, 6.45) is 7.00. The van der Waals surface area contributed by atoms with E-state index in [1.165, 1.54) is 36.4 Å². The van der Waals surface area contributed by atoms with E-state index in [1.54, 1.807) is 0 Å². The van der Waals surface area contributed by atoms with Crippen molar-refractivity contribution in [1.29, 1.82) is 0 Å². The minimum absolute atomic E-state index is 0. The van der Waals surface area contributed by atoms with Gasteiger partial charge in [0.05, 0.1) is 43.5 Å². The van der Waals surface area contributed by atoms with Crippen LogP contribution >= 0.6 is 38.8 Å². The van der Waals surface area contributed by atoms with Crippen LogP contribution in [0, 0.1) is 35.5 Å². The fourth-order valence-electron chi connectivity index (χ4n) is 11.0. The molecule has 20 heteroatoms. The molecule has 0 aromatic heterocycles. The zero-order valence-electron chi connectivity index (χ0n) is 38.3. The quantitative estimate of drug-likeness (QED) is 0.0854. The predicted octanol–water partition coefficient (Wildman–Crippen LogP) is -6.01. The Bertz CT molecular complexity index is 2010. The van der Waals surface area contributed by atoms with Crippen molar-refractivity contribution in [1.82, 2.24) is 0 Å². The van der Waals surface area contributed by atoms with E-state index in [0.717, 1.165) is 49.7 Å². The standard InChI is InChI=1S/C37H44Cl2O12P2.4Na/c1-46-34(22-3-5-28(38)30(11-22)50-52(40,41)42)32-24-7-20-8-25(32)16-36(13-20,15-24)48-19-49-37-14-21-9-26(17-37)33(27(10-21)18-37)35(47-2)23-4-6-29(39)31(12-23)51-53(43,44)45;;;;/h3-6,11-12,20-21,24-27H,7-10,13-19H2,1-2H3,(H2,40,41,42)(H2,43,44,45);;;;/q;4*+1/p-4/i1D3,2D3;;;;. The molecule has 0 radical (unpaired) electrons. The van der Waals surface area contributed by atoms with Gasteiger partial charge in [-0.3, -0.25) is 0 Å². The summed E-state index contributed by atoms with van der Waals surface area (Å²) in [5.41, 5.74) is 0.941. The van der Waals surface area contributed by atoms with Crippen LogP contribution in [0.1, 0.15) is 83.6 Å². The van der Waals surface area contributed by atoms with E-state index < -0.39 is 52.4 Å². The molecule has 12 nitrogen and oxygen atoms in total. The molecule has 2 aromatic rings. The average molecular weight is 908 g/mol. The zero-order valence-corrected chi connectivity index (χ0v) is 43.6. The Kier molecular flexibility index (Phi) is 15.0. The molecule has 0 amide bonds. The first-order valence-electron chi connectivity index (χ1n) is 20.5. The average Bonchev–Trinajstić information content (AvgIpc) is 3.06. The summed E-state index contributed by atoms with van der Waals surface area (Å²) in [7, 11) is -16.6. The second-order valence-electron chi connectivity index (χ2n) is 15.6. The first-order chi connectivity index (χ1) is 27.3. The van der Waals surface area contributed by atoms with Crippen molar-refractivity contribution in [2.24, 2.45) is 35.5 Å². The van der Waals surface area contributed by atoms with E-state index in [0.29, 0.717) is 37.5 Å². The van der Waals surface area contributed by atoms with Gasteiger partial charge in [0.2, 0.25) is 0 Å². The van der Waals surface area contributed by atoms with Crippen LogP contribution in [-0.4, -0.2) is 32.1 Å². The molecule has 0 spiro atoms. The van der Waals surface area contributed by atoms with Crippen LogP contribution < -0.4 is 147 Å². The van der Waals surface area contributed by atoms with Crippen LogP contribution in [0.5, 0.6) is 11.5 Å². The summed E-state index contributed by atoms with van der Waals surface area (Å²) in [6.45, 7) is 0.0122. The number of phosphoric acid groups is 2.